The summed E-state index contributed by atoms with van der Waals surface area (Å²) >= 11 is 3.37. The van der Waals surface area contributed by atoms with Crippen molar-refractivity contribution in [3.8, 4) is 5.75 Å². The maximum absolute atomic E-state index is 11.0. The number of nitrogens with zero attached hydrogens (tertiary/aromatic N) is 3. The lowest BCUT2D eigenvalue weighted by atomic mass is 10.2. The molecule has 6 heteroatoms. The van der Waals surface area contributed by atoms with Gasteiger partial charge in [0.15, 0.2) is 12.1 Å². The van der Waals surface area contributed by atoms with Gasteiger partial charge in [0.1, 0.15) is 18.7 Å². The molecule has 2 aromatic rings. The molecule has 0 aliphatic carbocycles. The standard InChI is InChI=1S/C13H14BrN3O2/c1-9(2)17-12(15-8-16-17)7-19-13-10(6-18)4-3-5-11(13)14/h3-6,8-9H,7H2,1-2H3. The van der Waals surface area contributed by atoms with Crippen molar-refractivity contribution in [2.75, 3.05) is 0 Å². The Morgan fingerprint density at radius 3 is 2.95 bits per heavy atom. The molecule has 19 heavy (non-hydrogen) atoms. The van der Waals surface area contributed by atoms with Crippen molar-refractivity contribution in [3.63, 3.8) is 0 Å². The van der Waals surface area contributed by atoms with E-state index in [-0.39, 0.29) is 12.6 Å². The first-order chi connectivity index (χ1) is 9.13. The zero-order valence-corrected chi connectivity index (χ0v) is 12.3. The minimum atomic E-state index is 0.214. The number of hydrogen-bond acceptors (Lipinski definition) is 4. The molecule has 0 N–H and O–H groups in total. The van der Waals surface area contributed by atoms with Gasteiger partial charge in [-0.2, -0.15) is 5.10 Å². The molecule has 0 aliphatic rings. The van der Waals surface area contributed by atoms with Gasteiger partial charge in [-0.05, 0) is 41.9 Å². The Bertz CT molecular complexity index is 581. The second-order valence-corrected chi connectivity index (χ2v) is 5.13. The highest BCUT2D eigenvalue weighted by Gasteiger charge is 2.11. The summed E-state index contributed by atoms with van der Waals surface area (Å²) in [6, 6.07) is 5.54. The maximum Gasteiger partial charge on any atom is 0.165 e. The molecular formula is C13H14BrN3O2. The summed E-state index contributed by atoms with van der Waals surface area (Å²) in [5.41, 5.74) is 0.505. The zero-order chi connectivity index (χ0) is 13.8. The zero-order valence-electron chi connectivity index (χ0n) is 10.7. The number of benzene rings is 1. The van der Waals surface area contributed by atoms with Gasteiger partial charge in [-0.25, -0.2) is 9.67 Å². The van der Waals surface area contributed by atoms with Gasteiger partial charge < -0.3 is 4.74 Å². The quantitative estimate of drug-likeness (QED) is 0.794. The van der Waals surface area contributed by atoms with Crippen LogP contribution in [0.5, 0.6) is 5.75 Å². The Kier molecular flexibility index (Phi) is 4.31. The average molecular weight is 324 g/mol. The van der Waals surface area contributed by atoms with E-state index >= 15 is 0 Å². The third kappa shape index (κ3) is 3.01. The fraction of sp³-hybridized carbons (Fsp3) is 0.308. The van der Waals surface area contributed by atoms with Gasteiger partial charge in [0, 0.05) is 6.04 Å². The van der Waals surface area contributed by atoms with Crippen LogP contribution in [0.3, 0.4) is 0 Å². The van der Waals surface area contributed by atoms with Crippen molar-refractivity contribution in [1.82, 2.24) is 14.8 Å². The highest BCUT2D eigenvalue weighted by atomic mass is 79.9. The topological polar surface area (TPSA) is 57.0 Å². The second kappa shape index (κ2) is 5.97. The van der Waals surface area contributed by atoms with Crippen molar-refractivity contribution in [2.45, 2.75) is 26.5 Å². The third-order valence-electron chi connectivity index (χ3n) is 2.61. The van der Waals surface area contributed by atoms with Crippen molar-refractivity contribution < 1.29 is 9.53 Å². The Hall–Kier alpha value is -1.69. The molecule has 0 amide bonds. The number of hydrogen-bond donors (Lipinski definition) is 0. The van der Waals surface area contributed by atoms with Crippen LogP contribution >= 0.6 is 15.9 Å². The van der Waals surface area contributed by atoms with E-state index in [0.717, 1.165) is 16.6 Å². The summed E-state index contributed by atoms with van der Waals surface area (Å²) in [4.78, 5) is 15.1. The van der Waals surface area contributed by atoms with Crippen molar-refractivity contribution >= 4 is 22.2 Å². The van der Waals surface area contributed by atoms with Gasteiger partial charge in [0.2, 0.25) is 0 Å². The number of ether oxygens (including phenoxy) is 1. The number of carbonyl (C=O) groups excluding carboxylic acids is 1. The maximum atomic E-state index is 11.0. The van der Waals surface area contributed by atoms with Gasteiger partial charge >= 0.3 is 0 Å². The largest absolute Gasteiger partial charge is 0.484 e. The molecule has 1 heterocycles. The third-order valence-corrected chi connectivity index (χ3v) is 3.23. The molecular weight excluding hydrogens is 310 g/mol. The molecule has 2 rings (SSSR count). The minimum Gasteiger partial charge on any atom is -0.484 e. The summed E-state index contributed by atoms with van der Waals surface area (Å²) in [6.45, 7) is 4.31. The summed E-state index contributed by atoms with van der Waals surface area (Å²) < 4.78 is 8.22. The van der Waals surface area contributed by atoms with Crippen LogP contribution in [0.4, 0.5) is 0 Å². The number of carbonyl (C=O) groups is 1. The molecule has 100 valence electrons. The molecule has 0 radical (unpaired) electrons. The van der Waals surface area contributed by atoms with Crippen LogP contribution in [0.15, 0.2) is 29.0 Å². The molecule has 0 fully saturated rings. The molecule has 1 aromatic heterocycles. The Morgan fingerprint density at radius 2 is 2.26 bits per heavy atom. The monoisotopic (exact) mass is 323 g/mol. The summed E-state index contributed by atoms with van der Waals surface area (Å²) in [5, 5.41) is 4.14. The molecule has 0 aliphatic heterocycles. The first-order valence-electron chi connectivity index (χ1n) is 5.88. The van der Waals surface area contributed by atoms with Crippen molar-refractivity contribution in [3.05, 3.63) is 40.4 Å². The molecule has 0 unspecified atom stereocenters. The van der Waals surface area contributed by atoms with Crippen LogP contribution in [-0.4, -0.2) is 21.1 Å². The molecule has 1 aromatic carbocycles. The smallest absolute Gasteiger partial charge is 0.165 e. The van der Waals surface area contributed by atoms with Crippen LogP contribution in [0.2, 0.25) is 0 Å². The van der Waals surface area contributed by atoms with Crippen LogP contribution in [-0.2, 0) is 6.61 Å². The summed E-state index contributed by atoms with van der Waals surface area (Å²) in [6.07, 6.45) is 2.27. The lowest BCUT2D eigenvalue weighted by Crippen LogP contribution is -2.11. The van der Waals surface area contributed by atoms with Crippen LogP contribution in [0.25, 0.3) is 0 Å². The minimum absolute atomic E-state index is 0.214. The fourth-order valence-electron chi connectivity index (χ4n) is 1.72. The molecule has 0 saturated heterocycles. The van der Waals surface area contributed by atoms with Gasteiger partial charge in [-0.1, -0.05) is 6.07 Å². The average Bonchev–Trinajstić information content (AvgIpc) is 2.85. The summed E-state index contributed by atoms with van der Waals surface area (Å²) in [5.74, 6) is 1.25. The number of para-hydroxylation sites is 1. The molecule has 0 atom stereocenters. The van der Waals surface area contributed by atoms with E-state index in [0.29, 0.717) is 11.3 Å². The molecule has 0 saturated carbocycles. The summed E-state index contributed by atoms with van der Waals surface area (Å²) in [7, 11) is 0. The van der Waals surface area contributed by atoms with E-state index < -0.39 is 0 Å². The number of aldehydes is 1. The van der Waals surface area contributed by atoms with E-state index in [1.165, 1.54) is 6.33 Å². The SMILES string of the molecule is CC(C)n1ncnc1COc1c(Br)cccc1C=O. The Labute approximate surface area is 119 Å². The van der Waals surface area contributed by atoms with Crippen LogP contribution < -0.4 is 4.74 Å². The van der Waals surface area contributed by atoms with E-state index in [2.05, 4.69) is 26.0 Å². The van der Waals surface area contributed by atoms with Gasteiger partial charge in [0.05, 0.1) is 10.0 Å². The van der Waals surface area contributed by atoms with Crippen molar-refractivity contribution in [2.24, 2.45) is 0 Å². The molecule has 0 bridgehead atoms. The lowest BCUT2D eigenvalue weighted by molar-refractivity contribution is 0.111. The predicted molar refractivity (Wildman–Crippen MR) is 74.3 cm³/mol. The van der Waals surface area contributed by atoms with E-state index in [9.17, 15) is 4.79 Å². The molecule has 0 spiro atoms. The van der Waals surface area contributed by atoms with E-state index in [4.69, 9.17) is 4.74 Å². The van der Waals surface area contributed by atoms with Gasteiger partial charge in [0.25, 0.3) is 0 Å². The number of rotatable bonds is 5. The van der Waals surface area contributed by atoms with Crippen molar-refractivity contribution in [1.29, 1.82) is 0 Å². The fourth-order valence-corrected chi connectivity index (χ4v) is 2.21. The van der Waals surface area contributed by atoms with Crippen LogP contribution in [0.1, 0.15) is 36.1 Å². The van der Waals surface area contributed by atoms with Gasteiger partial charge in [-0.3, -0.25) is 4.79 Å². The predicted octanol–water partition coefficient (Wildman–Crippen LogP) is 3.01. The van der Waals surface area contributed by atoms with E-state index in [1.54, 1.807) is 16.8 Å². The first kappa shape index (κ1) is 13.7. The number of halogens is 1. The lowest BCUT2D eigenvalue weighted by Gasteiger charge is -2.12. The van der Waals surface area contributed by atoms with E-state index in [1.807, 2.05) is 19.9 Å². The van der Waals surface area contributed by atoms with Crippen LogP contribution in [0, 0.1) is 0 Å². The number of aromatic nitrogens is 3. The van der Waals surface area contributed by atoms with Gasteiger partial charge in [-0.15, -0.1) is 0 Å². The highest BCUT2D eigenvalue weighted by Crippen LogP contribution is 2.28. The highest BCUT2D eigenvalue weighted by molar-refractivity contribution is 9.10. The Balaban J connectivity index is 2.19. The molecule has 5 nitrogen and oxygen atoms in total. The second-order valence-electron chi connectivity index (χ2n) is 4.28. The Morgan fingerprint density at radius 1 is 1.47 bits per heavy atom. The normalized spacial score (nSPS) is 10.7. The first-order valence-corrected chi connectivity index (χ1v) is 6.67.